The normalized spacial score (nSPS) is 17.3. The third kappa shape index (κ3) is 4.37. The van der Waals surface area contributed by atoms with Crippen molar-refractivity contribution in [1.29, 1.82) is 0 Å². The zero-order valence-electron chi connectivity index (χ0n) is 19.8. The number of imidazole rings is 1. The third-order valence-electron chi connectivity index (χ3n) is 6.59. The van der Waals surface area contributed by atoms with Crippen LogP contribution in [0.2, 0.25) is 0 Å². The Morgan fingerprint density at radius 2 is 1.71 bits per heavy atom. The molecule has 1 aliphatic heterocycles. The minimum Gasteiger partial charge on any atom is -0.496 e. The van der Waals surface area contributed by atoms with E-state index in [0.717, 1.165) is 28.0 Å². The monoisotopic (exact) mass is 468 g/mol. The number of ether oxygens (including phenoxy) is 1. The van der Waals surface area contributed by atoms with Crippen LogP contribution in [-0.2, 0) is 22.7 Å². The fourth-order valence-corrected chi connectivity index (χ4v) is 4.78. The van der Waals surface area contributed by atoms with Gasteiger partial charge in [0.1, 0.15) is 17.6 Å². The molecule has 4 aromatic rings. The van der Waals surface area contributed by atoms with E-state index in [-0.39, 0.29) is 24.3 Å². The molecule has 7 nitrogen and oxygen atoms in total. The maximum absolute atomic E-state index is 13.8. The van der Waals surface area contributed by atoms with Gasteiger partial charge in [-0.15, -0.1) is 0 Å². The van der Waals surface area contributed by atoms with Gasteiger partial charge in [0.15, 0.2) is 0 Å². The number of aromatic nitrogens is 2. The maximum atomic E-state index is 13.8. The third-order valence-corrected chi connectivity index (χ3v) is 6.59. The highest BCUT2D eigenvalue weighted by atomic mass is 16.5. The zero-order valence-corrected chi connectivity index (χ0v) is 19.8. The Bertz CT molecular complexity index is 1370. The standard InChI is InChI=1S/C28H28N4O3/c1-19-27-30-22-13-7-8-14-23(22)32(27)24(28(34)31(19)18-20-10-4-3-5-11-20)16-26(33)29-17-21-12-6-9-15-25(21)35-2/h3-15,19,24H,16-18H2,1-2H3,(H,29,33)/t19-,24+/m1/s1. The molecule has 0 spiro atoms. The Labute approximate surface area is 204 Å². The molecule has 7 heteroatoms. The summed E-state index contributed by atoms with van der Waals surface area (Å²) >= 11 is 0. The minimum absolute atomic E-state index is 0.0271. The summed E-state index contributed by atoms with van der Waals surface area (Å²) in [5, 5.41) is 2.96. The summed E-state index contributed by atoms with van der Waals surface area (Å²) in [5.74, 6) is 1.23. The van der Waals surface area contributed by atoms with E-state index in [1.54, 1.807) is 7.11 Å². The first-order valence-corrected chi connectivity index (χ1v) is 11.8. The van der Waals surface area contributed by atoms with Gasteiger partial charge >= 0.3 is 0 Å². The van der Waals surface area contributed by atoms with Crippen molar-refractivity contribution in [2.24, 2.45) is 0 Å². The van der Waals surface area contributed by atoms with Gasteiger partial charge in [0.25, 0.3) is 0 Å². The van der Waals surface area contributed by atoms with Crippen molar-refractivity contribution in [3.05, 3.63) is 95.8 Å². The van der Waals surface area contributed by atoms with Gasteiger partial charge in [0.05, 0.1) is 30.6 Å². The maximum Gasteiger partial charge on any atom is 0.247 e. The van der Waals surface area contributed by atoms with Crippen LogP contribution in [0.5, 0.6) is 5.75 Å². The quantitative estimate of drug-likeness (QED) is 0.436. The second kappa shape index (κ2) is 9.62. The van der Waals surface area contributed by atoms with Crippen LogP contribution in [0.1, 0.15) is 42.4 Å². The number of benzene rings is 3. The van der Waals surface area contributed by atoms with Crippen LogP contribution in [0, 0.1) is 0 Å². The molecule has 0 aliphatic carbocycles. The van der Waals surface area contributed by atoms with Gasteiger partial charge in [0, 0.05) is 18.7 Å². The summed E-state index contributed by atoms with van der Waals surface area (Å²) in [7, 11) is 1.61. The Morgan fingerprint density at radius 3 is 2.51 bits per heavy atom. The van der Waals surface area contributed by atoms with Crippen LogP contribution in [0.15, 0.2) is 78.9 Å². The molecule has 1 N–H and O–H groups in total. The Balaban J connectivity index is 1.44. The summed E-state index contributed by atoms with van der Waals surface area (Å²) in [6.45, 7) is 2.78. The average molecular weight is 469 g/mol. The zero-order chi connectivity index (χ0) is 24.4. The van der Waals surface area contributed by atoms with E-state index >= 15 is 0 Å². The van der Waals surface area contributed by atoms with Crippen LogP contribution in [-0.4, -0.2) is 33.4 Å². The Morgan fingerprint density at radius 1 is 1.00 bits per heavy atom. The number of amides is 2. The van der Waals surface area contributed by atoms with Crippen molar-refractivity contribution < 1.29 is 14.3 Å². The van der Waals surface area contributed by atoms with Gasteiger partial charge < -0.3 is 19.5 Å². The van der Waals surface area contributed by atoms with E-state index in [0.29, 0.717) is 18.8 Å². The second-order valence-electron chi connectivity index (χ2n) is 8.76. The number of para-hydroxylation sites is 3. The van der Waals surface area contributed by atoms with E-state index in [4.69, 9.17) is 9.72 Å². The lowest BCUT2D eigenvalue weighted by atomic mass is 10.0. The predicted octanol–water partition coefficient (Wildman–Crippen LogP) is 4.40. The molecule has 2 atom stereocenters. The lowest BCUT2D eigenvalue weighted by Crippen LogP contribution is -2.46. The van der Waals surface area contributed by atoms with Crippen LogP contribution in [0.25, 0.3) is 11.0 Å². The van der Waals surface area contributed by atoms with Crippen LogP contribution in [0.3, 0.4) is 0 Å². The van der Waals surface area contributed by atoms with Crippen molar-refractivity contribution in [1.82, 2.24) is 19.8 Å². The fraction of sp³-hybridized carbons (Fsp3) is 0.250. The molecule has 178 valence electrons. The molecule has 0 radical (unpaired) electrons. The first kappa shape index (κ1) is 22.7. The fourth-order valence-electron chi connectivity index (χ4n) is 4.78. The van der Waals surface area contributed by atoms with E-state index in [1.807, 2.05) is 95.3 Å². The molecule has 0 saturated carbocycles. The summed E-state index contributed by atoms with van der Waals surface area (Å²) in [6.07, 6.45) is 0.0271. The molecule has 35 heavy (non-hydrogen) atoms. The summed E-state index contributed by atoms with van der Waals surface area (Å²) in [6, 6.07) is 24.3. The van der Waals surface area contributed by atoms with Crippen molar-refractivity contribution in [3.63, 3.8) is 0 Å². The van der Waals surface area contributed by atoms with Crippen molar-refractivity contribution in [3.8, 4) is 5.75 Å². The molecule has 0 saturated heterocycles. The molecule has 1 aromatic heterocycles. The number of rotatable bonds is 7. The number of carbonyl (C=O) groups is 2. The summed E-state index contributed by atoms with van der Waals surface area (Å²) in [4.78, 5) is 33.6. The molecular weight excluding hydrogens is 440 g/mol. The van der Waals surface area contributed by atoms with Crippen molar-refractivity contribution in [2.75, 3.05) is 7.11 Å². The van der Waals surface area contributed by atoms with Crippen LogP contribution < -0.4 is 10.1 Å². The van der Waals surface area contributed by atoms with E-state index in [1.165, 1.54) is 0 Å². The van der Waals surface area contributed by atoms with Gasteiger partial charge in [-0.25, -0.2) is 4.98 Å². The molecule has 2 amide bonds. The highest BCUT2D eigenvalue weighted by Gasteiger charge is 2.40. The minimum atomic E-state index is -0.671. The number of nitrogens with zero attached hydrogens (tertiary/aromatic N) is 3. The van der Waals surface area contributed by atoms with Crippen LogP contribution >= 0.6 is 0 Å². The summed E-state index contributed by atoms with van der Waals surface area (Å²) in [5.41, 5.74) is 3.61. The van der Waals surface area contributed by atoms with E-state index in [2.05, 4.69) is 5.32 Å². The first-order valence-electron chi connectivity index (χ1n) is 11.8. The highest BCUT2D eigenvalue weighted by Crippen LogP contribution is 2.37. The highest BCUT2D eigenvalue weighted by molar-refractivity contribution is 5.90. The molecule has 0 bridgehead atoms. The Kier molecular flexibility index (Phi) is 6.23. The number of carbonyl (C=O) groups excluding carboxylic acids is 2. The lowest BCUT2D eigenvalue weighted by molar-refractivity contribution is -0.142. The predicted molar refractivity (Wildman–Crippen MR) is 134 cm³/mol. The van der Waals surface area contributed by atoms with Gasteiger partial charge in [-0.2, -0.15) is 0 Å². The molecule has 0 unspecified atom stereocenters. The molecule has 0 fully saturated rings. The van der Waals surface area contributed by atoms with Crippen molar-refractivity contribution in [2.45, 2.75) is 38.5 Å². The van der Waals surface area contributed by atoms with Gasteiger partial charge in [-0.05, 0) is 30.7 Å². The SMILES string of the molecule is COc1ccccc1CNC(=O)C[C@H]1C(=O)N(Cc2ccccc2)[C@H](C)c2nc3ccccc3n21. The lowest BCUT2D eigenvalue weighted by Gasteiger charge is -2.38. The molecule has 1 aliphatic rings. The summed E-state index contributed by atoms with van der Waals surface area (Å²) < 4.78 is 7.34. The van der Waals surface area contributed by atoms with Crippen LogP contribution in [0.4, 0.5) is 0 Å². The molecule has 5 rings (SSSR count). The number of nitrogens with one attached hydrogen (secondary N) is 1. The van der Waals surface area contributed by atoms with E-state index < -0.39 is 6.04 Å². The number of hydrogen-bond acceptors (Lipinski definition) is 4. The number of methoxy groups -OCH3 is 1. The smallest absolute Gasteiger partial charge is 0.247 e. The topological polar surface area (TPSA) is 76.5 Å². The molecule has 3 aromatic carbocycles. The van der Waals surface area contributed by atoms with Gasteiger partial charge in [-0.1, -0.05) is 60.7 Å². The first-order chi connectivity index (χ1) is 17.1. The average Bonchev–Trinajstić information content (AvgIpc) is 3.28. The number of fused-ring (bicyclic) bond motifs is 3. The second-order valence-corrected chi connectivity index (χ2v) is 8.76. The van der Waals surface area contributed by atoms with Gasteiger partial charge in [-0.3, -0.25) is 9.59 Å². The Hall–Kier alpha value is -4.13. The van der Waals surface area contributed by atoms with Crippen molar-refractivity contribution >= 4 is 22.8 Å². The van der Waals surface area contributed by atoms with E-state index in [9.17, 15) is 9.59 Å². The van der Waals surface area contributed by atoms with Gasteiger partial charge in [0.2, 0.25) is 11.8 Å². The number of hydrogen-bond donors (Lipinski definition) is 1. The molecular formula is C28H28N4O3. The largest absolute Gasteiger partial charge is 0.496 e. The molecule has 2 heterocycles.